The van der Waals surface area contributed by atoms with Crippen molar-refractivity contribution in [1.29, 1.82) is 0 Å². The van der Waals surface area contributed by atoms with Gasteiger partial charge in [0.1, 0.15) is 0 Å². The van der Waals surface area contributed by atoms with E-state index in [1.165, 1.54) is 16.9 Å². The van der Waals surface area contributed by atoms with Gasteiger partial charge in [0.25, 0.3) is 0 Å². The Balaban J connectivity index is 1.69. The molecule has 1 heterocycles. The van der Waals surface area contributed by atoms with E-state index in [9.17, 15) is 17.6 Å². The maximum absolute atomic E-state index is 13.7. The molecule has 3 rings (SSSR count). The molecule has 0 N–H and O–H groups in total. The van der Waals surface area contributed by atoms with Crippen LogP contribution in [-0.4, -0.2) is 4.98 Å². The van der Waals surface area contributed by atoms with Crippen molar-refractivity contribution in [3.63, 3.8) is 0 Å². The molecule has 0 fully saturated rings. The molecule has 2 aromatic carbocycles. The van der Waals surface area contributed by atoms with Crippen LogP contribution < -0.4 is 0 Å². The predicted octanol–water partition coefficient (Wildman–Crippen LogP) is 5.89. The van der Waals surface area contributed by atoms with E-state index in [-0.39, 0.29) is 11.8 Å². The molecule has 0 atom stereocenters. The minimum absolute atomic E-state index is 0.126. The van der Waals surface area contributed by atoms with E-state index in [0.717, 1.165) is 10.6 Å². The Morgan fingerprint density at radius 1 is 1.00 bits per heavy atom. The molecule has 1 nitrogen and oxygen atoms in total. The van der Waals surface area contributed by atoms with Crippen LogP contribution in [0.2, 0.25) is 0 Å². The van der Waals surface area contributed by atoms with Crippen molar-refractivity contribution in [3.8, 4) is 0 Å². The fourth-order valence-electron chi connectivity index (χ4n) is 2.20. The minimum Gasteiger partial charge on any atom is -0.245 e. The number of halogens is 4. The largest absolute Gasteiger partial charge is 0.245 e. The summed E-state index contributed by atoms with van der Waals surface area (Å²) in [6.45, 7) is 2.01. The quantitative estimate of drug-likeness (QED) is 0.309. The zero-order valence-electron chi connectivity index (χ0n) is 13.2. The Hall–Kier alpha value is -1.86. The molecule has 0 aliphatic rings. The van der Waals surface area contributed by atoms with Crippen molar-refractivity contribution in [3.05, 3.63) is 80.8 Å². The molecule has 0 aliphatic carbocycles. The zero-order chi connectivity index (χ0) is 18.0. The number of aryl methyl sites for hydroxylation is 1. The third-order valence-corrected chi connectivity index (χ3v) is 5.50. The van der Waals surface area contributed by atoms with Crippen LogP contribution in [0, 0.1) is 30.2 Å². The molecule has 0 radical (unpaired) electrons. The van der Waals surface area contributed by atoms with E-state index in [4.69, 9.17) is 0 Å². The summed E-state index contributed by atoms with van der Waals surface area (Å²) in [6, 6.07) is 8.28. The summed E-state index contributed by atoms with van der Waals surface area (Å²) in [5, 5.41) is 2.65. The number of thiazole rings is 1. The average molecular weight is 383 g/mol. The lowest BCUT2D eigenvalue weighted by molar-refractivity contribution is 0.426. The second kappa shape index (κ2) is 7.58. The van der Waals surface area contributed by atoms with Gasteiger partial charge >= 0.3 is 0 Å². The van der Waals surface area contributed by atoms with Crippen molar-refractivity contribution in [2.24, 2.45) is 0 Å². The van der Waals surface area contributed by atoms with Gasteiger partial charge in [-0.2, -0.15) is 0 Å². The van der Waals surface area contributed by atoms with Crippen molar-refractivity contribution in [1.82, 2.24) is 4.98 Å². The van der Waals surface area contributed by atoms with Gasteiger partial charge in [0, 0.05) is 23.6 Å². The molecule has 1 aromatic heterocycles. The summed E-state index contributed by atoms with van der Waals surface area (Å²) in [5.74, 6) is -5.43. The van der Waals surface area contributed by atoms with Crippen LogP contribution in [0.1, 0.15) is 21.8 Å². The number of nitrogens with zero attached hydrogens (tertiary/aromatic N) is 1. The highest BCUT2D eigenvalue weighted by Crippen LogP contribution is 2.31. The van der Waals surface area contributed by atoms with E-state index in [2.05, 4.69) is 4.98 Å². The number of rotatable bonds is 5. The van der Waals surface area contributed by atoms with Gasteiger partial charge in [0.05, 0.1) is 15.6 Å². The fourth-order valence-corrected chi connectivity index (χ4v) is 4.02. The molecular weight excluding hydrogens is 370 g/mol. The molecule has 130 valence electrons. The van der Waals surface area contributed by atoms with E-state index in [0.29, 0.717) is 23.9 Å². The average Bonchev–Trinajstić information content (AvgIpc) is 3.02. The van der Waals surface area contributed by atoms with Crippen molar-refractivity contribution in [2.75, 3.05) is 0 Å². The number of benzene rings is 2. The van der Waals surface area contributed by atoms with Gasteiger partial charge in [0.2, 0.25) is 0 Å². The Morgan fingerprint density at radius 2 is 1.64 bits per heavy atom. The molecule has 3 aromatic rings. The number of aromatic nitrogens is 1. The topological polar surface area (TPSA) is 12.9 Å². The van der Waals surface area contributed by atoms with Crippen LogP contribution in [0.5, 0.6) is 0 Å². The lowest BCUT2D eigenvalue weighted by Crippen LogP contribution is -1.97. The molecule has 0 unspecified atom stereocenters. The van der Waals surface area contributed by atoms with Gasteiger partial charge in [-0.25, -0.2) is 22.5 Å². The Labute approximate surface area is 150 Å². The summed E-state index contributed by atoms with van der Waals surface area (Å²) in [7, 11) is 0. The van der Waals surface area contributed by atoms with Crippen LogP contribution in [-0.2, 0) is 12.2 Å². The SMILES string of the molecule is Cc1ccc(Cc2nc(CSc3c(F)c(F)cc(F)c3F)cs2)cc1. The number of hydrogen-bond acceptors (Lipinski definition) is 3. The van der Waals surface area contributed by atoms with Gasteiger partial charge in [-0.05, 0) is 12.5 Å². The second-order valence-electron chi connectivity index (χ2n) is 5.48. The third-order valence-electron chi connectivity index (χ3n) is 3.51. The summed E-state index contributed by atoms with van der Waals surface area (Å²) in [5.41, 5.74) is 2.90. The third kappa shape index (κ3) is 4.22. The van der Waals surface area contributed by atoms with E-state index < -0.39 is 28.2 Å². The van der Waals surface area contributed by atoms with Crippen LogP contribution >= 0.6 is 23.1 Å². The fraction of sp³-hybridized carbons (Fsp3) is 0.167. The summed E-state index contributed by atoms with van der Waals surface area (Å²) >= 11 is 2.13. The Morgan fingerprint density at radius 3 is 2.28 bits per heavy atom. The molecule has 25 heavy (non-hydrogen) atoms. The summed E-state index contributed by atoms with van der Waals surface area (Å²) < 4.78 is 53.7. The summed E-state index contributed by atoms with van der Waals surface area (Å²) in [6.07, 6.45) is 0.660. The maximum atomic E-state index is 13.7. The number of thioether (sulfide) groups is 1. The first-order chi connectivity index (χ1) is 11.9. The summed E-state index contributed by atoms with van der Waals surface area (Å²) in [4.78, 5) is 3.75. The van der Waals surface area contributed by atoms with E-state index >= 15 is 0 Å². The first-order valence-electron chi connectivity index (χ1n) is 7.38. The predicted molar refractivity (Wildman–Crippen MR) is 91.9 cm³/mol. The van der Waals surface area contributed by atoms with Gasteiger partial charge in [-0.3, -0.25) is 0 Å². The van der Waals surface area contributed by atoms with Gasteiger partial charge in [-0.15, -0.1) is 23.1 Å². The number of hydrogen-bond donors (Lipinski definition) is 0. The van der Waals surface area contributed by atoms with E-state index in [1.54, 1.807) is 5.38 Å². The molecule has 0 amide bonds. The normalized spacial score (nSPS) is 11.1. The molecule has 0 saturated heterocycles. The molecular formula is C18H13F4NS2. The highest BCUT2D eigenvalue weighted by Gasteiger charge is 2.19. The van der Waals surface area contributed by atoms with E-state index in [1.807, 2.05) is 31.2 Å². The molecule has 7 heteroatoms. The van der Waals surface area contributed by atoms with Gasteiger partial charge in [0.15, 0.2) is 23.3 Å². The standard InChI is InChI=1S/C18H13F4NS2/c1-10-2-4-11(5-3-10)6-15-23-12(8-24-15)9-25-18-16(21)13(19)7-14(20)17(18)22/h2-5,7-8H,6,9H2,1H3. The smallest absolute Gasteiger partial charge is 0.175 e. The molecule has 0 spiro atoms. The maximum Gasteiger partial charge on any atom is 0.175 e. The Kier molecular flexibility index (Phi) is 5.44. The van der Waals surface area contributed by atoms with Crippen molar-refractivity contribution < 1.29 is 17.6 Å². The highest BCUT2D eigenvalue weighted by atomic mass is 32.2. The lowest BCUT2D eigenvalue weighted by Gasteiger charge is -2.05. The second-order valence-corrected chi connectivity index (χ2v) is 7.41. The van der Waals surface area contributed by atoms with Crippen molar-refractivity contribution in [2.45, 2.75) is 24.0 Å². The van der Waals surface area contributed by atoms with Crippen molar-refractivity contribution >= 4 is 23.1 Å². The monoisotopic (exact) mass is 383 g/mol. The molecule has 0 saturated carbocycles. The first-order valence-corrected chi connectivity index (χ1v) is 9.25. The molecule has 0 bridgehead atoms. The minimum atomic E-state index is -1.40. The van der Waals surface area contributed by atoms with Gasteiger partial charge in [-0.1, -0.05) is 29.8 Å². The van der Waals surface area contributed by atoms with Gasteiger partial charge < -0.3 is 0 Å². The lowest BCUT2D eigenvalue weighted by atomic mass is 10.1. The highest BCUT2D eigenvalue weighted by molar-refractivity contribution is 7.98. The zero-order valence-corrected chi connectivity index (χ0v) is 14.8. The van der Waals surface area contributed by atoms with Crippen LogP contribution in [0.3, 0.4) is 0 Å². The van der Waals surface area contributed by atoms with Crippen LogP contribution in [0.15, 0.2) is 40.6 Å². The first kappa shape index (κ1) is 17.9. The molecule has 0 aliphatic heterocycles. The van der Waals surface area contributed by atoms with Crippen LogP contribution in [0.25, 0.3) is 0 Å². The Bertz CT molecular complexity index is 865. The van der Waals surface area contributed by atoms with Crippen LogP contribution in [0.4, 0.5) is 17.6 Å².